The van der Waals surface area contributed by atoms with Crippen LogP contribution in [0.5, 0.6) is 0 Å². The van der Waals surface area contributed by atoms with E-state index in [1.807, 2.05) is 36.5 Å². The lowest BCUT2D eigenvalue weighted by Crippen LogP contribution is -2.30. The van der Waals surface area contributed by atoms with Gasteiger partial charge in [-0.05, 0) is 48.5 Å². The molecular formula is C16H16ClN3S. The van der Waals surface area contributed by atoms with Crippen molar-refractivity contribution >= 4 is 34.2 Å². The maximum atomic E-state index is 5.98. The predicted octanol–water partition coefficient (Wildman–Crippen LogP) is 4.61. The van der Waals surface area contributed by atoms with E-state index in [1.165, 1.54) is 5.56 Å². The fourth-order valence-corrected chi connectivity index (χ4v) is 3.34. The van der Waals surface area contributed by atoms with Crippen LogP contribution in [0.15, 0.2) is 52.6 Å². The number of nitrogens with zero attached hydrogens (tertiary/aromatic N) is 3. The Balaban J connectivity index is 1.88. The molecule has 1 aromatic heterocycles. The van der Waals surface area contributed by atoms with Crippen molar-refractivity contribution in [2.24, 2.45) is 4.99 Å². The maximum absolute atomic E-state index is 5.98. The number of benzene rings is 1. The van der Waals surface area contributed by atoms with Gasteiger partial charge < -0.3 is 4.90 Å². The van der Waals surface area contributed by atoms with Gasteiger partial charge >= 0.3 is 0 Å². The van der Waals surface area contributed by atoms with Gasteiger partial charge in [0.2, 0.25) is 0 Å². The summed E-state index contributed by atoms with van der Waals surface area (Å²) in [5, 5.41) is 2.81. The van der Waals surface area contributed by atoms with Crippen LogP contribution in [0.1, 0.15) is 18.9 Å². The monoisotopic (exact) mass is 317 g/mol. The van der Waals surface area contributed by atoms with Gasteiger partial charge in [0.15, 0.2) is 5.17 Å². The van der Waals surface area contributed by atoms with Crippen molar-refractivity contribution < 1.29 is 0 Å². The molecule has 3 nitrogen and oxygen atoms in total. The van der Waals surface area contributed by atoms with Crippen LogP contribution in [0, 0.1) is 0 Å². The quantitative estimate of drug-likeness (QED) is 0.827. The molecule has 2 aromatic rings. The summed E-state index contributed by atoms with van der Waals surface area (Å²) in [4.78, 5) is 11.4. The summed E-state index contributed by atoms with van der Waals surface area (Å²) < 4.78 is 0. The summed E-state index contributed by atoms with van der Waals surface area (Å²) >= 11 is 7.62. The highest BCUT2D eigenvalue weighted by Gasteiger charge is 2.20. The topological polar surface area (TPSA) is 28.5 Å². The van der Waals surface area contributed by atoms with Crippen molar-refractivity contribution in [2.75, 3.05) is 11.4 Å². The van der Waals surface area contributed by atoms with Gasteiger partial charge in [-0.3, -0.25) is 4.99 Å². The smallest absolute Gasteiger partial charge is 0.170 e. The molecule has 2 heterocycles. The minimum atomic E-state index is 0.694. The first-order valence-electron chi connectivity index (χ1n) is 6.97. The van der Waals surface area contributed by atoms with E-state index >= 15 is 0 Å². The van der Waals surface area contributed by atoms with E-state index in [0.717, 1.165) is 33.9 Å². The Morgan fingerprint density at radius 1 is 1.24 bits per heavy atom. The second kappa shape index (κ2) is 6.50. The normalized spacial score (nSPS) is 13.5. The Labute approximate surface area is 134 Å². The van der Waals surface area contributed by atoms with Crippen molar-refractivity contribution in [3.05, 3.63) is 53.2 Å². The number of halogens is 1. The van der Waals surface area contributed by atoms with Gasteiger partial charge in [0.1, 0.15) is 5.03 Å². The first-order chi connectivity index (χ1) is 10.3. The zero-order valence-electron chi connectivity index (χ0n) is 11.8. The number of fused-ring (bicyclic) bond motifs is 1. The van der Waals surface area contributed by atoms with Crippen LogP contribution in [0.25, 0.3) is 0 Å². The minimum absolute atomic E-state index is 0.694. The number of amidine groups is 1. The molecule has 0 aliphatic carbocycles. The van der Waals surface area contributed by atoms with E-state index < -0.39 is 0 Å². The first-order valence-corrected chi connectivity index (χ1v) is 8.16. The Bertz CT molecular complexity index is 655. The van der Waals surface area contributed by atoms with Crippen LogP contribution in [0.2, 0.25) is 5.02 Å². The Kier molecular flexibility index (Phi) is 4.46. The number of rotatable bonds is 3. The third-order valence-electron chi connectivity index (χ3n) is 3.24. The van der Waals surface area contributed by atoms with Crippen molar-refractivity contribution in [2.45, 2.75) is 24.9 Å². The van der Waals surface area contributed by atoms with E-state index in [2.05, 4.69) is 22.9 Å². The molecule has 0 atom stereocenters. The maximum Gasteiger partial charge on any atom is 0.170 e. The summed E-state index contributed by atoms with van der Waals surface area (Å²) in [7, 11) is 0. The average Bonchev–Trinajstić information content (AvgIpc) is 2.53. The van der Waals surface area contributed by atoms with Gasteiger partial charge in [0, 0.05) is 29.0 Å². The van der Waals surface area contributed by atoms with Crippen molar-refractivity contribution in [1.82, 2.24) is 4.98 Å². The second-order valence-electron chi connectivity index (χ2n) is 4.80. The lowest BCUT2D eigenvalue weighted by molar-refractivity contribution is 0.890. The molecule has 108 valence electrons. The Morgan fingerprint density at radius 3 is 2.81 bits per heavy atom. The summed E-state index contributed by atoms with van der Waals surface area (Å²) in [6.07, 6.45) is 2.89. The van der Waals surface area contributed by atoms with Crippen LogP contribution < -0.4 is 4.90 Å². The third-order valence-corrected chi connectivity index (χ3v) is 4.58. The van der Waals surface area contributed by atoms with Crippen LogP contribution in [0.4, 0.5) is 5.69 Å². The molecule has 1 aromatic carbocycles. The molecular weight excluding hydrogens is 302 g/mol. The average molecular weight is 318 g/mol. The molecule has 3 rings (SSSR count). The van der Waals surface area contributed by atoms with Gasteiger partial charge in [-0.2, -0.15) is 0 Å². The molecule has 0 saturated carbocycles. The molecule has 21 heavy (non-hydrogen) atoms. The minimum Gasteiger partial charge on any atom is -0.321 e. The van der Waals surface area contributed by atoms with Crippen LogP contribution in [0.3, 0.4) is 0 Å². The van der Waals surface area contributed by atoms with Crippen molar-refractivity contribution in [3.63, 3.8) is 0 Å². The van der Waals surface area contributed by atoms with Gasteiger partial charge in [-0.1, -0.05) is 24.6 Å². The molecule has 0 spiro atoms. The summed E-state index contributed by atoms with van der Waals surface area (Å²) in [6.45, 7) is 3.79. The van der Waals surface area contributed by atoms with Gasteiger partial charge in [-0.15, -0.1) is 0 Å². The van der Waals surface area contributed by atoms with Crippen LogP contribution in [-0.4, -0.2) is 16.7 Å². The highest BCUT2D eigenvalue weighted by Crippen LogP contribution is 2.31. The zero-order chi connectivity index (χ0) is 14.7. The van der Waals surface area contributed by atoms with Crippen molar-refractivity contribution in [3.8, 4) is 0 Å². The molecule has 0 N–H and O–H groups in total. The third kappa shape index (κ3) is 3.22. The molecule has 0 radical (unpaired) electrons. The number of aromatic nitrogens is 1. The lowest BCUT2D eigenvalue weighted by Gasteiger charge is -2.27. The largest absolute Gasteiger partial charge is 0.321 e. The number of anilines is 1. The standard InChI is InChI=1S/C16H16ClN3S/c1-2-10-20(14-7-5-13(17)6-8-14)16-19-11-12-4-3-9-18-15(12)21-16/h3-9H,2,10-11H2,1H3. The lowest BCUT2D eigenvalue weighted by atomic mass is 10.3. The zero-order valence-corrected chi connectivity index (χ0v) is 13.4. The highest BCUT2D eigenvalue weighted by atomic mass is 35.5. The SMILES string of the molecule is CCCN(C1=NCc2cccnc2S1)c1ccc(Cl)cc1. The molecule has 1 aliphatic heterocycles. The highest BCUT2D eigenvalue weighted by molar-refractivity contribution is 8.14. The molecule has 0 fully saturated rings. The molecule has 5 heteroatoms. The molecule has 0 bridgehead atoms. The first kappa shape index (κ1) is 14.4. The van der Waals surface area contributed by atoms with E-state index in [1.54, 1.807) is 11.8 Å². The van der Waals surface area contributed by atoms with E-state index in [9.17, 15) is 0 Å². The number of pyridine rings is 1. The molecule has 1 aliphatic rings. The Morgan fingerprint density at radius 2 is 2.05 bits per heavy atom. The fraction of sp³-hybridized carbons (Fsp3) is 0.250. The van der Waals surface area contributed by atoms with Gasteiger partial charge in [0.25, 0.3) is 0 Å². The van der Waals surface area contributed by atoms with Crippen molar-refractivity contribution in [1.29, 1.82) is 0 Å². The summed E-state index contributed by atoms with van der Waals surface area (Å²) in [5.74, 6) is 0. The van der Waals surface area contributed by atoms with E-state index in [4.69, 9.17) is 16.6 Å². The van der Waals surface area contributed by atoms with Gasteiger partial charge in [-0.25, -0.2) is 4.98 Å². The number of hydrogen-bond acceptors (Lipinski definition) is 4. The summed E-state index contributed by atoms with van der Waals surface area (Å²) in [6, 6.07) is 12.0. The van der Waals surface area contributed by atoms with E-state index in [-0.39, 0.29) is 0 Å². The number of hydrogen-bond donors (Lipinski definition) is 0. The number of thioether (sulfide) groups is 1. The van der Waals surface area contributed by atoms with E-state index in [0.29, 0.717) is 6.54 Å². The van der Waals surface area contributed by atoms with Gasteiger partial charge in [0.05, 0.1) is 6.54 Å². The molecule has 0 unspecified atom stereocenters. The Hall–Kier alpha value is -1.52. The summed E-state index contributed by atoms with van der Waals surface area (Å²) in [5.41, 5.74) is 2.31. The fourth-order valence-electron chi connectivity index (χ4n) is 2.23. The second-order valence-corrected chi connectivity index (χ2v) is 6.19. The van der Waals surface area contributed by atoms with Crippen LogP contribution in [-0.2, 0) is 6.54 Å². The predicted molar refractivity (Wildman–Crippen MR) is 90.3 cm³/mol. The number of aliphatic imine (C=N–C) groups is 1. The molecule has 0 saturated heterocycles. The molecule has 0 amide bonds. The van der Waals surface area contributed by atoms with Crippen LogP contribution >= 0.6 is 23.4 Å².